The van der Waals surface area contributed by atoms with Crippen molar-refractivity contribution in [3.8, 4) is 6.07 Å². The van der Waals surface area contributed by atoms with E-state index in [4.69, 9.17) is 23.7 Å². The van der Waals surface area contributed by atoms with E-state index >= 15 is 0 Å². The van der Waals surface area contributed by atoms with Gasteiger partial charge in [-0.1, -0.05) is 36.4 Å². The first kappa shape index (κ1) is 29.7. The second kappa shape index (κ2) is 13.0. The molecule has 0 N–H and O–H groups in total. The molecule has 2 aliphatic rings. The lowest BCUT2D eigenvalue weighted by Crippen LogP contribution is -2.59. The summed E-state index contributed by atoms with van der Waals surface area (Å²) in [5.41, 5.74) is 4.04. The summed E-state index contributed by atoms with van der Waals surface area (Å²) in [5.74, 6) is -2.04. The number of hydrogen-bond donors (Lipinski definition) is 0. The molecule has 0 bridgehead atoms. The van der Waals surface area contributed by atoms with Crippen molar-refractivity contribution in [1.82, 2.24) is 0 Å². The molecule has 2 fully saturated rings. The largest absolute Gasteiger partial charge is 0.463 e. The number of esters is 4. The van der Waals surface area contributed by atoms with Gasteiger partial charge in [0.2, 0.25) is 0 Å². The fourth-order valence-electron chi connectivity index (χ4n) is 5.09. The Morgan fingerprint density at radius 2 is 1.39 bits per heavy atom. The monoisotopic (exact) mass is 563 g/mol. The summed E-state index contributed by atoms with van der Waals surface area (Å²) in [5, 5.41) is 9.81. The fraction of sp³-hybridized carbons (Fsp3) is 0.452. The molecular formula is C31H33NO9. The van der Waals surface area contributed by atoms with E-state index in [9.17, 15) is 24.4 Å². The minimum Gasteiger partial charge on any atom is -0.463 e. The minimum atomic E-state index is -1.27. The predicted octanol–water partition coefficient (Wildman–Crippen LogP) is 3.82. The number of nitriles is 1. The Balaban J connectivity index is 1.73. The molecule has 41 heavy (non-hydrogen) atoms. The van der Waals surface area contributed by atoms with Crippen molar-refractivity contribution in [1.29, 1.82) is 5.26 Å². The molecule has 5 atom stereocenters. The van der Waals surface area contributed by atoms with Crippen molar-refractivity contribution < 1.29 is 42.9 Å². The molecule has 0 amide bonds. The van der Waals surface area contributed by atoms with E-state index in [2.05, 4.69) is 30.3 Å². The molecule has 10 nitrogen and oxygen atoms in total. The van der Waals surface area contributed by atoms with Crippen LogP contribution in [0.1, 0.15) is 80.4 Å². The standard InChI is InChI=1S/C31H33NO9/c1-17(33)37-16-27-29(38-18(2)34)31(40-20(4)36)30(39-19(3)35)28(41-27)24-11-12-25(15-32)26(14-24)13-21-5-7-22(8-6-21)23-9-10-23/h5-8,11-12,14,23,27-31H,9-10,13,16H2,1-4H3/t27?,28-,29+,30-,31-/m0/s1. The fourth-order valence-corrected chi connectivity index (χ4v) is 5.09. The molecule has 1 aliphatic carbocycles. The van der Waals surface area contributed by atoms with Gasteiger partial charge >= 0.3 is 23.9 Å². The Hall–Kier alpha value is -4.23. The van der Waals surface area contributed by atoms with Crippen molar-refractivity contribution in [2.75, 3.05) is 6.61 Å². The summed E-state index contributed by atoms with van der Waals surface area (Å²) >= 11 is 0. The van der Waals surface area contributed by atoms with Crippen LogP contribution in [0.2, 0.25) is 0 Å². The molecule has 1 heterocycles. The molecule has 0 aromatic heterocycles. The van der Waals surface area contributed by atoms with Crippen molar-refractivity contribution in [3.63, 3.8) is 0 Å². The summed E-state index contributed by atoms with van der Waals surface area (Å²) < 4.78 is 28.1. The average Bonchev–Trinajstić information content (AvgIpc) is 3.75. The summed E-state index contributed by atoms with van der Waals surface area (Å²) in [6.07, 6.45) is -2.92. The molecule has 216 valence electrons. The first-order valence-corrected chi connectivity index (χ1v) is 13.5. The van der Waals surface area contributed by atoms with Crippen LogP contribution < -0.4 is 0 Å². The van der Waals surface area contributed by atoms with Gasteiger partial charge < -0.3 is 23.7 Å². The lowest BCUT2D eigenvalue weighted by molar-refractivity contribution is -0.254. The van der Waals surface area contributed by atoms with Crippen molar-refractivity contribution in [3.05, 3.63) is 70.3 Å². The van der Waals surface area contributed by atoms with Gasteiger partial charge in [-0.3, -0.25) is 19.2 Å². The van der Waals surface area contributed by atoms with Crippen molar-refractivity contribution in [2.24, 2.45) is 0 Å². The number of ether oxygens (including phenoxy) is 5. The van der Waals surface area contributed by atoms with E-state index in [0.29, 0.717) is 23.5 Å². The molecule has 4 rings (SSSR count). The topological polar surface area (TPSA) is 138 Å². The first-order valence-electron chi connectivity index (χ1n) is 13.5. The van der Waals surface area contributed by atoms with Gasteiger partial charge in [-0.2, -0.15) is 5.26 Å². The molecule has 1 saturated heterocycles. The number of carbonyl (C=O) groups is 4. The predicted molar refractivity (Wildman–Crippen MR) is 143 cm³/mol. The zero-order chi connectivity index (χ0) is 29.7. The Morgan fingerprint density at radius 3 is 1.95 bits per heavy atom. The van der Waals surface area contributed by atoms with Gasteiger partial charge in [0.25, 0.3) is 0 Å². The van der Waals surface area contributed by atoms with Crippen LogP contribution in [-0.4, -0.2) is 54.9 Å². The zero-order valence-corrected chi connectivity index (χ0v) is 23.5. The lowest BCUT2D eigenvalue weighted by Gasteiger charge is -2.44. The quantitative estimate of drug-likeness (QED) is 0.327. The minimum absolute atomic E-state index is 0.315. The molecular weight excluding hydrogens is 530 g/mol. The van der Waals surface area contributed by atoms with E-state index in [0.717, 1.165) is 11.1 Å². The van der Waals surface area contributed by atoms with Crippen molar-refractivity contribution >= 4 is 23.9 Å². The third-order valence-corrected chi connectivity index (χ3v) is 6.99. The number of benzene rings is 2. The van der Waals surface area contributed by atoms with Crippen LogP contribution in [0.4, 0.5) is 0 Å². The van der Waals surface area contributed by atoms with Crippen LogP contribution >= 0.6 is 0 Å². The molecule has 1 aliphatic heterocycles. The van der Waals surface area contributed by atoms with Gasteiger partial charge in [0.1, 0.15) is 18.8 Å². The SMILES string of the molecule is CC(=O)OCC1O[C@@H](c2ccc(C#N)c(Cc3ccc(C4CC4)cc3)c2)[C@H](OC(C)=O)[C@@H](OC(C)=O)[C@@H]1OC(C)=O. The Labute approximate surface area is 238 Å². The number of carbonyl (C=O) groups excluding carboxylic acids is 4. The molecule has 2 aromatic rings. The van der Waals surface area contributed by atoms with Crippen molar-refractivity contribution in [2.45, 2.75) is 83.4 Å². The zero-order valence-electron chi connectivity index (χ0n) is 23.5. The second-order valence-corrected chi connectivity index (χ2v) is 10.3. The maximum Gasteiger partial charge on any atom is 0.303 e. The molecule has 1 saturated carbocycles. The summed E-state index contributed by atoms with van der Waals surface area (Å²) in [4.78, 5) is 47.9. The Bertz CT molecular complexity index is 1340. The van der Waals surface area contributed by atoms with E-state index in [1.807, 2.05) is 0 Å². The van der Waals surface area contributed by atoms with Gasteiger partial charge in [0.05, 0.1) is 11.6 Å². The smallest absolute Gasteiger partial charge is 0.303 e. The second-order valence-electron chi connectivity index (χ2n) is 10.3. The van der Waals surface area contributed by atoms with Crippen LogP contribution in [0.25, 0.3) is 0 Å². The molecule has 2 aromatic carbocycles. The summed E-state index contributed by atoms with van der Waals surface area (Å²) in [6.45, 7) is 4.45. The van der Waals surface area contributed by atoms with E-state index in [1.165, 1.54) is 46.1 Å². The third kappa shape index (κ3) is 7.70. The molecule has 0 radical (unpaired) electrons. The molecule has 0 spiro atoms. The van der Waals surface area contributed by atoms with Crippen LogP contribution in [0.15, 0.2) is 42.5 Å². The summed E-state index contributed by atoms with van der Waals surface area (Å²) in [7, 11) is 0. The van der Waals surface area contributed by atoms with E-state index in [1.54, 1.807) is 18.2 Å². The molecule has 10 heteroatoms. The summed E-state index contributed by atoms with van der Waals surface area (Å²) in [6, 6.07) is 15.7. The van der Waals surface area contributed by atoms with Crippen LogP contribution in [0.3, 0.4) is 0 Å². The van der Waals surface area contributed by atoms with E-state index in [-0.39, 0.29) is 6.61 Å². The van der Waals surface area contributed by atoms with E-state index < -0.39 is 54.4 Å². The Morgan fingerprint density at radius 1 is 0.805 bits per heavy atom. The van der Waals surface area contributed by atoms with Gasteiger partial charge in [-0.15, -0.1) is 0 Å². The van der Waals surface area contributed by atoms with Gasteiger partial charge in [0, 0.05) is 27.7 Å². The first-order chi connectivity index (χ1) is 19.5. The molecule has 1 unspecified atom stereocenters. The van der Waals surface area contributed by atoms with Gasteiger partial charge in [-0.25, -0.2) is 0 Å². The van der Waals surface area contributed by atoms with Crippen LogP contribution in [0.5, 0.6) is 0 Å². The number of hydrogen-bond acceptors (Lipinski definition) is 10. The highest BCUT2D eigenvalue weighted by molar-refractivity contribution is 5.69. The van der Waals surface area contributed by atoms with Gasteiger partial charge in [-0.05, 0) is 53.5 Å². The number of nitrogens with zero attached hydrogens (tertiary/aromatic N) is 1. The Kier molecular flexibility index (Phi) is 9.40. The van der Waals surface area contributed by atoms with Crippen LogP contribution in [-0.2, 0) is 49.3 Å². The number of rotatable bonds is 9. The average molecular weight is 564 g/mol. The third-order valence-electron chi connectivity index (χ3n) is 6.99. The van der Waals surface area contributed by atoms with Crippen LogP contribution in [0, 0.1) is 11.3 Å². The maximum atomic E-state index is 12.2. The highest BCUT2D eigenvalue weighted by Gasteiger charge is 2.52. The lowest BCUT2D eigenvalue weighted by atomic mass is 9.88. The van der Waals surface area contributed by atoms with Gasteiger partial charge in [0.15, 0.2) is 18.3 Å². The highest BCUT2D eigenvalue weighted by Crippen LogP contribution is 2.40. The maximum absolute atomic E-state index is 12.2. The normalized spacial score (nSPS) is 23.5. The highest BCUT2D eigenvalue weighted by atomic mass is 16.7.